The van der Waals surface area contributed by atoms with Crippen LogP contribution in [0.3, 0.4) is 0 Å². The number of rotatable bonds is 5. The molecule has 0 heterocycles. The Morgan fingerprint density at radius 2 is 2.16 bits per heavy atom. The molecule has 0 amide bonds. The zero-order chi connectivity index (χ0) is 14.1. The first kappa shape index (κ1) is 14.5. The third-order valence-corrected chi connectivity index (χ3v) is 2.12. The molecule has 0 aliphatic heterocycles. The molecule has 0 atom stereocenters. The predicted molar refractivity (Wildman–Crippen MR) is 72.1 cm³/mol. The van der Waals surface area contributed by atoms with E-state index >= 15 is 0 Å². The standard InChI is InChI=1S/C14H15N3O2/c1-3-19-14(18)13(9-15)11-17(2)16-10-12-7-5-4-6-8-12/h4-8,10-11H,3H2,1-2H3/b13-11-,16-10?. The number of esters is 1. The van der Waals surface area contributed by atoms with Gasteiger partial charge in [-0.25, -0.2) is 4.79 Å². The van der Waals surface area contributed by atoms with E-state index in [1.54, 1.807) is 26.3 Å². The van der Waals surface area contributed by atoms with Gasteiger partial charge in [-0.15, -0.1) is 0 Å². The van der Waals surface area contributed by atoms with Gasteiger partial charge >= 0.3 is 5.97 Å². The largest absolute Gasteiger partial charge is 0.462 e. The van der Waals surface area contributed by atoms with Crippen LogP contribution in [-0.2, 0) is 9.53 Å². The number of nitrogens with zero attached hydrogens (tertiary/aromatic N) is 3. The maximum Gasteiger partial charge on any atom is 0.350 e. The molecule has 0 saturated heterocycles. The van der Waals surface area contributed by atoms with Gasteiger partial charge in [0.1, 0.15) is 6.07 Å². The van der Waals surface area contributed by atoms with Gasteiger partial charge in [0.2, 0.25) is 0 Å². The molecular weight excluding hydrogens is 242 g/mol. The third kappa shape index (κ3) is 5.04. The number of hydrogen-bond acceptors (Lipinski definition) is 5. The third-order valence-electron chi connectivity index (χ3n) is 2.12. The monoisotopic (exact) mass is 257 g/mol. The van der Waals surface area contributed by atoms with Crippen LogP contribution in [0.5, 0.6) is 0 Å². The van der Waals surface area contributed by atoms with Gasteiger partial charge in [-0.1, -0.05) is 30.3 Å². The van der Waals surface area contributed by atoms with Gasteiger partial charge in [-0.2, -0.15) is 10.4 Å². The Labute approximate surface area is 112 Å². The number of ether oxygens (including phenoxy) is 1. The smallest absolute Gasteiger partial charge is 0.350 e. The summed E-state index contributed by atoms with van der Waals surface area (Å²) in [6.45, 7) is 1.92. The average Bonchev–Trinajstić information content (AvgIpc) is 2.44. The Morgan fingerprint density at radius 3 is 2.74 bits per heavy atom. The molecule has 5 nitrogen and oxygen atoms in total. The molecule has 0 fully saturated rings. The number of benzene rings is 1. The van der Waals surface area contributed by atoms with Gasteiger partial charge in [0.15, 0.2) is 5.57 Å². The van der Waals surface area contributed by atoms with Gasteiger partial charge in [-0.3, -0.25) is 5.01 Å². The molecule has 0 aliphatic rings. The molecule has 0 aromatic heterocycles. The van der Waals surface area contributed by atoms with E-state index in [0.717, 1.165) is 5.56 Å². The van der Waals surface area contributed by atoms with E-state index in [1.807, 2.05) is 30.3 Å². The van der Waals surface area contributed by atoms with Crippen LogP contribution in [0.4, 0.5) is 0 Å². The Kier molecular flexibility index (Phi) is 5.83. The fourth-order valence-corrected chi connectivity index (χ4v) is 1.25. The minimum absolute atomic E-state index is 0.0884. The number of nitriles is 1. The highest BCUT2D eigenvalue weighted by Crippen LogP contribution is 2.00. The first-order chi connectivity index (χ1) is 9.17. The summed E-state index contributed by atoms with van der Waals surface area (Å²) in [5.41, 5.74) is 0.840. The average molecular weight is 257 g/mol. The lowest BCUT2D eigenvalue weighted by atomic mass is 10.2. The summed E-state index contributed by atoms with van der Waals surface area (Å²) < 4.78 is 4.75. The molecule has 0 bridgehead atoms. The molecule has 19 heavy (non-hydrogen) atoms. The fraction of sp³-hybridized carbons (Fsp3) is 0.214. The van der Waals surface area contributed by atoms with Crippen LogP contribution >= 0.6 is 0 Å². The molecule has 1 aromatic carbocycles. The minimum Gasteiger partial charge on any atom is -0.462 e. The Morgan fingerprint density at radius 1 is 1.47 bits per heavy atom. The van der Waals surface area contributed by atoms with Crippen molar-refractivity contribution in [2.45, 2.75) is 6.92 Å². The molecule has 0 N–H and O–H groups in total. The van der Waals surface area contributed by atoms with Crippen LogP contribution < -0.4 is 0 Å². The zero-order valence-corrected chi connectivity index (χ0v) is 10.9. The van der Waals surface area contributed by atoms with Crippen LogP contribution in [0.25, 0.3) is 0 Å². The van der Waals surface area contributed by atoms with Crippen LogP contribution in [0, 0.1) is 11.3 Å². The normalized spacial score (nSPS) is 11.1. The van der Waals surface area contributed by atoms with Crippen LogP contribution in [-0.4, -0.2) is 30.8 Å². The summed E-state index contributed by atoms with van der Waals surface area (Å²) in [4.78, 5) is 11.4. The van der Waals surface area contributed by atoms with Gasteiger partial charge in [0.25, 0.3) is 0 Å². The van der Waals surface area contributed by atoms with Crippen molar-refractivity contribution in [2.24, 2.45) is 5.10 Å². The lowest BCUT2D eigenvalue weighted by Gasteiger charge is -2.07. The summed E-state index contributed by atoms with van der Waals surface area (Å²) >= 11 is 0. The highest BCUT2D eigenvalue weighted by atomic mass is 16.5. The van der Waals surface area contributed by atoms with E-state index in [1.165, 1.54) is 11.2 Å². The lowest BCUT2D eigenvalue weighted by molar-refractivity contribution is -0.138. The van der Waals surface area contributed by atoms with Crippen molar-refractivity contribution in [2.75, 3.05) is 13.7 Å². The summed E-state index contributed by atoms with van der Waals surface area (Å²) in [6, 6.07) is 11.3. The van der Waals surface area contributed by atoms with Gasteiger partial charge in [0, 0.05) is 13.2 Å². The van der Waals surface area contributed by atoms with Gasteiger partial charge < -0.3 is 4.74 Å². The molecular formula is C14H15N3O2. The second-order valence-electron chi connectivity index (χ2n) is 3.60. The van der Waals surface area contributed by atoms with E-state index in [-0.39, 0.29) is 12.2 Å². The van der Waals surface area contributed by atoms with E-state index < -0.39 is 5.97 Å². The van der Waals surface area contributed by atoms with E-state index in [0.29, 0.717) is 0 Å². The summed E-state index contributed by atoms with van der Waals surface area (Å²) in [5.74, 6) is -0.647. The number of carbonyl (C=O) groups is 1. The zero-order valence-electron chi connectivity index (χ0n) is 10.9. The predicted octanol–water partition coefficient (Wildman–Crippen LogP) is 1.92. The van der Waals surface area contributed by atoms with Gasteiger partial charge in [-0.05, 0) is 12.5 Å². The quantitative estimate of drug-likeness (QED) is 0.266. The van der Waals surface area contributed by atoms with Crippen molar-refractivity contribution in [3.05, 3.63) is 47.7 Å². The Hall–Kier alpha value is -2.61. The van der Waals surface area contributed by atoms with Crippen LogP contribution in [0.2, 0.25) is 0 Å². The van der Waals surface area contributed by atoms with Crippen molar-refractivity contribution < 1.29 is 9.53 Å². The Bertz CT molecular complexity index is 515. The first-order valence-electron chi connectivity index (χ1n) is 5.78. The van der Waals surface area contributed by atoms with E-state index in [2.05, 4.69) is 5.10 Å². The molecule has 5 heteroatoms. The molecule has 1 rings (SSSR count). The fourth-order valence-electron chi connectivity index (χ4n) is 1.25. The molecule has 0 unspecified atom stereocenters. The van der Waals surface area contributed by atoms with Crippen molar-refractivity contribution in [1.82, 2.24) is 5.01 Å². The van der Waals surface area contributed by atoms with Crippen LogP contribution in [0.1, 0.15) is 12.5 Å². The summed E-state index contributed by atoms with van der Waals surface area (Å²) in [6.07, 6.45) is 2.97. The topological polar surface area (TPSA) is 65.7 Å². The molecule has 1 aromatic rings. The maximum absolute atomic E-state index is 11.4. The van der Waals surface area contributed by atoms with Crippen molar-refractivity contribution >= 4 is 12.2 Å². The van der Waals surface area contributed by atoms with E-state index in [9.17, 15) is 4.79 Å². The van der Waals surface area contributed by atoms with Crippen molar-refractivity contribution in [3.8, 4) is 6.07 Å². The highest BCUT2D eigenvalue weighted by Gasteiger charge is 2.10. The molecule has 0 aliphatic carbocycles. The summed E-state index contributed by atoms with van der Waals surface area (Å²) in [7, 11) is 1.63. The second-order valence-corrected chi connectivity index (χ2v) is 3.60. The number of carbonyl (C=O) groups excluding carboxylic acids is 1. The van der Waals surface area contributed by atoms with Crippen molar-refractivity contribution in [1.29, 1.82) is 5.26 Å². The van der Waals surface area contributed by atoms with Gasteiger partial charge in [0.05, 0.1) is 12.8 Å². The lowest BCUT2D eigenvalue weighted by Crippen LogP contribution is -2.11. The summed E-state index contributed by atoms with van der Waals surface area (Å²) in [5, 5.41) is 14.3. The van der Waals surface area contributed by atoms with Crippen molar-refractivity contribution in [3.63, 3.8) is 0 Å². The molecule has 98 valence electrons. The highest BCUT2D eigenvalue weighted by molar-refractivity contribution is 5.92. The van der Waals surface area contributed by atoms with Crippen LogP contribution in [0.15, 0.2) is 47.2 Å². The van der Waals surface area contributed by atoms with E-state index in [4.69, 9.17) is 10.00 Å². The number of hydrogen-bond donors (Lipinski definition) is 0. The number of hydrazone groups is 1. The first-order valence-corrected chi connectivity index (χ1v) is 5.78. The molecule has 0 spiro atoms. The second kappa shape index (κ2) is 7.67. The SMILES string of the molecule is CCOC(=O)/C(C#N)=C\N(C)N=Cc1ccccc1. The molecule has 0 saturated carbocycles. The minimum atomic E-state index is -0.647. The maximum atomic E-state index is 11.4. The molecule has 0 radical (unpaired) electrons. The Balaban J connectivity index is 2.72.